The van der Waals surface area contributed by atoms with E-state index in [0.29, 0.717) is 48.9 Å². The van der Waals surface area contributed by atoms with Gasteiger partial charge < -0.3 is 19.7 Å². The molecular weight excluding hydrogens is 360 g/mol. The third-order valence-electron chi connectivity index (χ3n) is 4.17. The van der Waals surface area contributed by atoms with E-state index in [9.17, 15) is 4.79 Å². The Labute approximate surface area is 163 Å². The van der Waals surface area contributed by atoms with Gasteiger partial charge in [-0.15, -0.1) is 0 Å². The molecule has 0 aliphatic carbocycles. The molecule has 9 heteroatoms. The van der Waals surface area contributed by atoms with E-state index in [1.807, 2.05) is 13.8 Å². The SMILES string of the molecule is CC(C)OC(=O)N1CCC(Oc2cc(Nc3ccncc3C#N)ncn2)CC1. The van der Waals surface area contributed by atoms with Gasteiger partial charge >= 0.3 is 6.09 Å². The molecule has 1 amide bonds. The van der Waals surface area contributed by atoms with Gasteiger partial charge in [0.2, 0.25) is 5.88 Å². The number of nitrogens with zero attached hydrogens (tertiary/aromatic N) is 5. The first-order valence-corrected chi connectivity index (χ1v) is 9.10. The molecule has 146 valence electrons. The van der Waals surface area contributed by atoms with Gasteiger partial charge in [-0.1, -0.05) is 0 Å². The summed E-state index contributed by atoms with van der Waals surface area (Å²) in [4.78, 5) is 25.9. The number of hydrogen-bond donors (Lipinski definition) is 1. The monoisotopic (exact) mass is 382 g/mol. The smallest absolute Gasteiger partial charge is 0.410 e. The van der Waals surface area contributed by atoms with Crippen LogP contribution in [0.5, 0.6) is 5.88 Å². The fourth-order valence-corrected chi connectivity index (χ4v) is 2.81. The lowest BCUT2D eigenvalue weighted by Crippen LogP contribution is -2.42. The molecule has 2 aromatic rings. The minimum absolute atomic E-state index is 0.0403. The summed E-state index contributed by atoms with van der Waals surface area (Å²) in [5.41, 5.74) is 1.03. The predicted octanol–water partition coefficient (Wildman–Crippen LogP) is 2.88. The summed E-state index contributed by atoms with van der Waals surface area (Å²) in [6.45, 7) is 4.82. The van der Waals surface area contributed by atoms with Crippen LogP contribution in [0.4, 0.5) is 16.3 Å². The first-order valence-electron chi connectivity index (χ1n) is 9.10. The Kier molecular flexibility index (Phi) is 6.22. The number of aromatic nitrogens is 3. The molecule has 9 nitrogen and oxygen atoms in total. The lowest BCUT2D eigenvalue weighted by Gasteiger charge is -2.31. The molecule has 0 radical (unpaired) electrons. The number of carbonyl (C=O) groups excluding carboxylic acids is 1. The van der Waals surface area contributed by atoms with Crippen molar-refractivity contribution in [3.05, 3.63) is 36.4 Å². The Morgan fingerprint density at radius 2 is 2.14 bits per heavy atom. The zero-order chi connectivity index (χ0) is 19.9. The quantitative estimate of drug-likeness (QED) is 0.840. The number of pyridine rings is 1. The number of hydrogen-bond acceptors (Lipinski definition) is 8. The fraction of sp³-hybridized carbons (Fsp3) is 0.421. The van der Waals surface area contributed by atoms with E-state index in [-0.39, 0.29) is 18.3 Å². The molecule has 3 rings (SSSR count). The van der Waals surface area contributed by atoms with Crippen LogP contribution in [0.25, 0.3) is 0 Å². The molecule has 3 heterocycles. The summed E-state index contributed by atoms with van der Waals surface area (Å²) < 4.78 is 11.2. The number of rotatable bonds is 5. The van der Waals surface area contributed by atoms with E-state index in [1.54, 1.807) is 23.2 Å². The third-order valence-corrected chi connectivity index (χ3v) is 4.17. The molecule has 0 unspecified atom stereocenters. The summed E-state index contributed by atoms with van der Waals surface area (Å²) in [6, 6.07) is 5.46. The van der Waals surface area contributed by atoms with Crippen molar-refractivity contribution in [2.24, 2.45) is 0 Å². The van der Waals surface area contributed by atoms with Gasteiger partial charge in [-0.25, -0.2) is 14.8 Å². The summed E-state index contributed by atoms with van der Waals surface area (Å²) >= 11 is 0. The highest BCUT2D eigenvalue weighted by molar-refractivity contribution is 5.68. The molecule has 2 aromatic heterocycles. The van der Waals surface area contributed by atoms with E-state index < -0.39 is 0 Å². The van der Waals surface area contributed by atoms with Crippen molar-refractivity contribution in [3.8, 4) is 11.9 Å². The second kappa shape index (κ2) is 8.99. The van der Waals surface area contributed by atoms with Gasteiger partial charge in [-0.05, 0) is 19.9 Å². The number of nitrogens with one attached hydrogen (secondary N) is 1. The Balaban J connectivity index is 1.57. The van der Waals surface area contributed by atoms with Crippen molar-refractivity contribution < 1.29 is 14.3 Å². The van der Waals surface area contributed by atoms with Gasteiger partial charge in [0.05, 0.1) is 17.4 Å². The maximum Gasteiger partial charge on any atom is 0.410 e. The number of ether oxygens (including phenoxy) is 2. The maximum absolute atomic E-state index is 12.0. The van der Waals surface area contributed by atoms with Crippen LogP contribution in [-0.2, 0) is 4.74 Å². The molecule has 0 aromatic carbocycles. The van der Waals surface area contributed by atoms with E-state index in [0.717, 1.165) is 0 Å². The van der Waals surface area contributed by atoms with Crippen molar-refractivity contribution in [2.75, 3.05) is 18.4 Å². The van der Waals surface area contributed by atoms with Crippen LogP contribution in [0.3, 0.4) is 0 Å². The number of likely N-dealkylation sites (tertiary alicyclic amines) is 1. The molecule has 0 bridgehead atoms. The van der Waals surface area contributed by atoms with Crippen molar-refractivity contribution >= 4 is 17.6 Å². The number of nitriles is 1. The topological polar surface area (TPSA) is 113 Å². The normalized spacial score (nSPS) is 14.4. The Morgan fingerprint density at radius 1 is 1.36 bits per heavy atom. The first-order chi connectivity index (χ1) is 13.5. The summed E-state index contributed by atoms with van der Waals surface area (Å²) in [7, 11) is 0. The van der Waals surface area contributed by atoms with Crippen LogP contribution in [-0.4, -0.2) is 51.2 Å². The average molecular weight is 382 g/mol. The standard InChI is InChI=1S/C19H22N6O3/c1-13(2)27-19(26)25-7-4-15(5-8-25)28-18-9-17(22-12-23-18)24-16-3-6-21-11-14(16)10-20/h3,6,9,11-13,15H,4-5,7-8H2,1-2H3,(H,21,22,23,24). The molecule has 0 spiro atoms. The molecule has 1 N–H and O–H groups in total. The number of piperidine rings is 1. The largest absolute Gasteiger partial charge is 0.474 e. The van der Waals surface area contributed by atoms with Crippen molar-refractivity contribution in [1.29, 1.82) is 5.26 Å². The first kappa shape index (κ1) is 19.4. The highest BCUT2D eigenvalue weighted by atomic mass is 16.6. The molecule has 1 aliphatic heterocycles. The molecule has 28 heavy (non-hydrogen) atoms. The molecule has 1 saturated heterocycles. The number of amides is 1. The van der Waals surface area contributed by atoms with Crippen LogP contribution in [0.1, 0.15) is 32.3 Å². The lowest BCUT2D eigenvalue weighted by molar-refractivity contribution is 0.0507. The molecule has 1 aliphatic rings. The Morgan fingerprint density at radius 3 is 2.86 bits per heavy atom. The molecule has 0 atom stereocenters. The zero-order valence-electron chi connectivity index (χ0n) is 15.8. The van der Waals surface area contributed by atoms with E-state index in [4.69, 9.17) is 14.7 Å². The van der Waals surface area contributed by atoms with E-state index in [2.05, 4.69) is 26.3 Å². The number of carbonyl (C=O) groups is 1. The Hall–Kier alpha value is -3.41. The fourth-order valence-electron chi connectivity index (χ4n) is 2.81. The van der Waals surface area contributed by atoms with Crippen LogP contribution in [0.2, 0.25) is 0 Å². The minimum Gasteiger partial charge on any atom is -0.474 e. The predicted molar refractivity (Wildman–Crippen MR) is 101 cm³/mol. The van der Waals surface area contributed by atoms with Crippen LogP contribution < -0.4 is 10.1 Å². The summed E-state index contributed by atoms with van der Waals surface area (Å²) in [6.07, 6.45) is 5.43. The van der Waals surface area contributed by atoms with Crippen molar-refractivity contribution in [1.82, 2.24) is 19.9 Å². The summed E-state index contributed by atoms with van der Waals surface area (Å²) in [5.74, 6) is 0.957. The highest BCUT2D eigenvalue weighted by Gasteiger charge is 2.25. The van der Waals surface area contributed by atoms with Gasteiger partial charge in [0.1, 0.15) is 24.3 Å². The number of anilines is 2. The van der Waals surface area contributed by atoms with E-state index >= 15 is 0 Å². The Bertz CT molecular complexity index is 859. The molecule has 1 fully saturated rings. The van der Waals surface area contributed by atoms with Crippen molar-refractivity contribution in [3.63, 3.8) is 0 Å². The van der Waals surface area contributed by atoms with Crippen LogP contribution in [0.15, 0.2) is 30.9 Å². The van der Waals surface area contributed by atoms with Crippen molar-refractivity contribution in [2.45, 2.75) is 38.9 Å². The van der Waals surface area contributed by atoms with Crippen LogP contribution >= 0.6 is 0 Å². The second-order valence-corrected chi connectivity index (χ2v) is 6.64. The van der Waals surface area contributed by atoms with Crippen LogP contribution in [0, 0.1) is 11.3 Å². The molecule has 0 saturated carbocycles. The van der Waals surface area contributed by atoms with Gasteiger partial charge in [-0.2, -0.15) is 5.26 Å². The lowest BCUT2D eigenvalue weighted by atomic mass is 10.1. The zero-order valence-corrected chi connectivity index (χ0v) is 15.8. The van der Waals surface area contributed by atoms with Gasteiger partial charge in [0.25, 0.3) is 0 Å². The van der Waals surface area contributed by atoms with Gasteiger partial charge in [-0.3, -0.25) is 4.98 Å². The average Bonchev–Trinajstić information content (AvgIpc) is 2.69. The van der Waals surface area contributed by atoms with Gasteiger partial charge in [0.15, 0.2) is 0 Å². The molecular formula is C19H22N6O3. The summed E-state index contributed by atoms with van der Waals surface area (Å²) in [5, 5.41) is 12.2. The van der Waals surface area contributed by atoms with Gasteiger partial charge in [0, 0.05) is 44.4 Å². The second-order valence-electron chi connectivity index (χ2n) is 6.64. The van der Waals surface area contributed by atoms with E-state index in [1.165, 1.54) is 12.5 Å². The third kappa shape index (κ3) is 5.07. The maximum atomic E-state index is 12.0. The highest BCUT2D eigenvalue weighted by Crippen LogP contribution is 2.22. The minimum atomic E-state index is -0.285.